The minimum Gasteiger partial charge on any atom is -0.508 e. The lowest BCUT2D eigenvalue weighted by atomic mass is 10.1. The third-order valence-corrected chi connectivity index (χ3v) is 3.21. The molecule has 5 heteroatoms. The van der Waals surface area contributed by atoms with Gasteiger partial charge in [-0.1, -0.05) is 12.1 Å². The van der Waals surface area contributed by atoms with Gasteiger partial charge < -0.3 is 20.5 Å². The summed E-state index contributed by atoms with van der Waals surface area (Å²) in [5.41, 5.74) is 6.42. The van der Waals surface area contributed by atoms with Crippen molar-refractivity contribution in [2.45, 2.75) is 25.6 Å². The normalized spacial score (nSPS) is 23.4. The fraction of sp³-hybridized carbons (Fsp3) is 0.500. The summed E-state index contributed by atoms with van der Waals surface area (Å²) < 4.78 is 5.63. The molecule has 3 N–H and O–H groups in total. The van der Waals surface area contributed by atoms with Gasteiger partial charge in [-0.2, -0.15) is 0 Å². The van der Waals surface area contributed by atoms with Gasteiger partial charge in [-0.25, -0.2) is 0 Å². The molecular formula is C14H20N2O3. The number of amides is 1. The molecule has 104 valence electrons. The second-order valence-corrected chi connectivity index (χ2v) is 4.95. The molecule has 2 atom stereocenters. The van der Waals surface area contributed by atoms with Gasteiger partial charge in [0.05, 0.1) is 18.6 Å². The maximum absolute atomic E-state index is 12.2. The first-order valence-corrected chi connectivity index (χ1v) is 6.49. The minimum absolute atomic E-state index is 0.00965. The van der Waals surface area contributed by atoms with Gasteiger partial charge in [-0.15, -0.1) is 0 Å². The number of nitrogens with zero attached hydrogens (tertiary/aromatic N) is 1. The molecule has 1 heterocycles. The zero-order valence-corrected chi connectivity index (χ0v) is 11.1. The SMILES string of the molecule is CC1CN(C(=O)Cc2cccc(O)c2)CC(CN)O1. The van der Waals surface area contributed by atoms with Crippen molar-refractivity contribution in [1.82, 2.24) is 4.90 Å². The Labute approximate surface area is 113 Å². The summed E-state index contributed by atoms with van der Waals surface area (Å²) in [7, 11) is 0. The average Bonchev–Trinajstić information content (AvgIpc) is 2.38. The van der Waals surface area contributed by atoms with E-state index in [9.17, 15) is 9.90 Å². The number of hydrogen-bond acceptors (Lipinski definition) is 4. The van der Waals surface area contributed by atoms with Crippen molar-refractivity contribution in [3.63, 3.8) is 0 Å². The predicted molar refractivity (Wildman–Crippen MR) is 71.8 cm³/mol. The fourth-order valence-electron chi connectivity index (χ4n) is 2.33. The molecule has 0 saturated carbocycles. The molecule has 1 amide bonds. The van der Waals surface area contributed by atoms with Gasteiger partial charge in [0.15, 0.2) is 0 Å². The number of carbonyl (C=O) groups is 1. The van der Waals surface area contributed by atoms with Crippen LogP contribution in [-0.4, -0.2) is 47.8 Å². The number of morpholine rings is 1. The zero-order chi connectivity index (χ0) is 13.8. The van der Waals surface area contributed by atoms with Gasteiger partial charge in [0.2, 0.25) is 5.91 Å². The van der Waals surface area contributed by atoms with Gasteiger partial charge in [0.25, 0.3) is 0 Å². The van der Waals surface area contributed by atoms with E-state index in [0.717, 1.165) is 5.56 Å². The number of ether oxygens (including phenoxy) is 1. The van der Waals surface area contributed by atoms with E-state index in [1.54, 1.807) is 23.1 Å². The lowest BCUT2D eigenvalue weighted by Gasteiger charge is -2.36. The average molecular weight is 264 g/mol. The van der Waals surface area contributed by atoms with Gasteiger partial charge >= 0.3 is 0 Å². The van der Waals surface area contributed by atoms with E-state index in [4.69, 9.17) is 10.5 Å². The summed E-state index contributed by atoms with van der Waals surface area (Å²) in [6.07, 6.45) is 0.214. The van der Waals surface area contributed by atoms with Crippen molar-refractivity contribution in [2.24, 2.45) is 5.73 Å². The van der Waals surface area contributed by atoms with Crippen LogP contribution in [0.4, 0.5) is 0 Å². The Balaban J connectivity index is 1.99. The van der Waals surface area contributed by atoms with Crippen molar-refractivity contribution < 1.29 is 14.6 Å². The van der Waals surface area contributed by atoms with Crippen LogP contribution in [0.1, 0.15) is 12.5 Å². The largest absolute Gasteiger partial charge is 0.508 e. The number of nitrogens with two attached hydrogens (primary N) is 1. The molecule has 1 aromatic rings. The maximum atomic E-state index is 12.2. The molecular weight excluding hydrogens is 244 g/mol. The van der Waals surface area contributed by atoms with Crippen LogP contribution >= 0.6 is 0 Å². The van der Waals surface area contributed by atoms with Crippen molar-refractivity contribution >= 4 is 5.91 Å². The Morgan fingerprint density at radius 1 is 1.53 bits per heavy atom. The molecule has 5 nitrogen and oxygen atoms in total. The molecule has 0 aromatic heterocycles. The predicted octanol–water partition coefficient (Wildman–Crippen LogP) is 0.509. The molecule has 2 rings (SSSR count). The number of hydrogen-bond donors (Lipinski definition) is 2. The van der Waals surface area contributed by atoms with E-state index in [1.807, 2.05) is 13.0 Å². The highest BCUT2D eigenvalue weighted by Crippen LogP contribution is 2.15. The van der Waals surface area contributed by atoms with Gasteiger partial charge in [-0.05, 0) is 24.6 Å². The standard InChI is InChI=1S/C14H20N2O3/c1-10-8-16(9-13(7-15)19-10)14(18)6-11-3-2-4-12(17)5-11/h2-5,10,13,17H,6-9,15H2,1H3. The molecule has 1 saturated heterocycles. The monoisotopic (exact) mass is 264 g/mol. The molecule has 19 heavy (non-hydrogen) atoms. The maximum Gasteiger partial charge on any atom is 0.227 e. The summed E-state index contributed by atoms with van der Waals surface area (Å²) in [4.78, 5) is 14.0. The smallest absolute Gasteiger partial charge is 0.227 e. The third kappa shape index (κ3) is 3.68. The van der Waals surface area contributed by atoms with Gasteiger partial charge in [0.1, 0.15) is 5.75 Å². The van der Waals surface area contributed by atoms with E-state index >= 15 is 0 Å². The highest BCUT2D eigenvalue weighted by atomic mass is 16.5. The van der Waals surface area contributed by atoms with Crippen LogP contribution in [0.15, 0.2) is 24.3 Å². The number of rotatable bonds is 3. The Morgan fingerprint density at radius 3 is 3.00 bits per heavy atom. The van der Waals surface area contributed by atoms with Gasteiger partial charge in [0, 0.05) is 19.6 Å². The highest BCUT2D eigenvalue weighted by molar-refractivity contribution is 5.79. The molecule has 1 aliphatic heterocycles. The highest BCUT2D eigenvalue weighted by Gasteiger charge is 2.27. The molecule has 1 fully saturated rings. The Hall–Kier alpha value is -1.59. The Bertz CT molecular complexity index is 450. The first kappa shape index (κ1) is 13.8. The van der Waals surface area contributed by atoms with Crippen molar-refractivity contribution in [1.29, 1.82) is 0 Å². The first-order chi connectivity index (χ1) is 9.08. The van der Waals surface area contributed by atoms with Crippen LogP contribution in [-0.2, 0) is 16.0 Å². The summed E-state index contributed by atoms with van der Waals surface area (Å²) in [6.45, 7) is 3.49. The van der Waals surface area contributed by atoms with Crippen LogP contribution in [0.25, 0.3) is 0 Å². The number of phenolic OH excluding ortho intramolecular Hbond substituents is 1. The molecule has 1 aromatic carbocycles. The van der Waals surface area contributed by atoms with Crippen LogP contribution in [0.3, 0.4) is 0 Å². The molecule has 1 aliphatic rings. The summed E-state index contributed by atoms with van der Waals surface area (Å²) in [5.74, 6) is 0.222. The quantitative estimate of drug-likeness (QED) is 0.834. The van der Waals surface area contributed by atoms with Crippen molar-refractivity contribution in [2.75, 3.05) is 19.6 Å². The molecule has 0 bridgehead atoms. The zero-order valence-electron chi connectivity index (χ0n) is 11.1. The summed E-state index contributed by atoms with van der Waals surface area (Å²) in [5, 5.41) is 9.40. The number of benzene rings is 1. The number of aromatic hydroxyl groups is 1. The fourth-order valence-corrected chi connectivity index (χ4v) is 2.33. The second kappa shape index (κ2) is 6.04. The van der Waals surface area contributed by atoms with Crippen molar-refractivity contribution in [3.8, 4) is 5.75 Å². The Kier molecular flexibility index (Phi) is 4.39. The second-order valence-electron chi connectivity index (χ2n) is 4.95. The van der Waals surface area contributed by atoms with Crippen LogP contribution in [0.5, 0.6) is 5.75 Å². The van der Waals surface area contributed by atoms with E-state index in [1.165, 1.54) is 0 Å². The van der Waals surface area contributed by atoms with Crippen LogP contribution in [0.2, 0.25) is 0 Å². The summed E-state index contributed by atoms with van der Waals surface area (Å²) in [6, 6.07) is 6.78. The van der Waals surface area contributed by atoms with E-state index in [2.05, 4.69) is 0 Å². The molecule has 2 unspecified atom stereocenters. The van der Waals surface area contributed by atoms with E-state index in [0.29, 0.717) is 26.1 Å². The van der Waals surface area contributed by atoms with Gasteiger partial charge in [-0.3, -0.25) is 4.79 Å². The topological polar surface area (TPSA) is 75.8 Å². The summed E-state index contributed by atoms with van der Waals surface area (Å²) >= 11 is 0. The Morgan fingerprint density at radius 2 is 2.32 bits per heavy atom. The van der Waals surface area contributed by atoms with Crippen LogP contribution < -0.4 is 5.73 Å². The van der Waals surface area contributed by atoms with Crippen LogP contribution in [0, 0.1) is 0 Å². The van der Waals surface area contributed by atoms with Crippen molar-refractivity contribution in [3.05, 3.63) is 29.8 Å². The van der Waals surface area contributed by atoms with E-state index in [-0.39, 0.29) is 23.9 Å². The first-order valence-electron chi connectivity index (χ1n) is 6.49. The van der Waals surface area contributed by atoms with E-state index < -0.39 is 0 Å². The lowest BCUT2D eigenvalue weighted by molar-refractivity contribution is -0.142. The third-order valence-electron chi connectivity index (χ3n) is 3.21. The molecule has 0 radical (unpaired) electrons. The lowest BCUT2D eigenvalue weighted by Crippen LogP contribution is -2.51. The number of phenols is 1. The molecule has 0 aliphatic carbocycles. The minimum atomic E-state index is -0.0862. The molecule has 0 spiro atoms. The number of carbonyl (C=O) groups excluding carboxylic acids is 1.